The normalized spacial score (nSPS) is 16.6. The molecule has 0 spiro atoms. The fourth-order valence-corrected chi connectivity index (χ4v) is 3.91. The maximum atomic E-state index is 13.0. The van der Waals surface area contributed by atoms with Crippen molar-refractivity contribution in [2.45, 2.75) is 19.9 Å². The number of esters is 2. The molecular formula is C19H18N2O5S. The van der Waals surface area contributed by atoms with Crippen molar-refractivity contribution >= 4 is 29.4 Å². The lowest BCUT2D eigenvalue weighted by Crippen LogP contribution is -2.40. The van der Waals surface area contributed by atoms with Crippen LogP contribution in [0.4, 0.5) is 0 Å². The molecule has 0 N–H and O–H groups in total. The van der Waals surface area contributed by atoms with Crippen molar-refractivity contribution < 1.29 is 19.1 Å². The number of ether oxygens (including phenoxy) is 2. The highest BCUT2D eigenvalue weighted by Gasteiger charge is 2.33. The number of rotatable bonds is 4. The molecule has 2 heterocycles. The highest BCUT2D eigenvalue weighted by Crippen LogP contribution is 2.30. The first-order chi connectivity index (χ1) is 13.0. The standard InChI is InChI=1S/C19H18N2O5S/c1-4-26-18(24)15-11(2)20-19-21(16(15)12-8-6-5-7-9-12)17(23)13(27-19)10-14(22)25-3/h5-10,16H,4H2,1-3H3/b13-10-. The van der Waals surface area contributed by atoms with Gasteiger partial charge in [0.2, 0.25) is 0 Å². The third kappa shape index (κ3) is 3.48. The average Bonchev–Trinajstić information content (AvgIpc) is 2.96. The number of hydrogen-bond donors (Lipinski definition) is 0. The van der Waals surface area contributed by atoms with Crippen molar-refractivity contribution in [3.05, 3.63) is 66.9 Å². The van der Waals surface area contributed by atoms with E-state index in [-0.39, 0.29) is 11.1 Å². The predicted octanol–water partition coefficient (Wildman–Crippen LogP) is 0.923. The second-order valence-corrected chi connectivity index (χ2v) is 6.75. The Kier molecular flexibility index (Phi) is 5.36. The lowest BCUT2D eigenvalue weighted by atomic mass is 9.96. The van der Waals surface area contributed by atoms with Gasteiger partial charge in [-0.15, -0.1) is 0 Å². The molecule has 1 unspecified atom stereocenters. The number of carbonyl (C=O) groups excluding carboxylic acids is 2. The van der Waals surface area contributed by atoms with E-state index in [1.165, 1.54) is 11.7 Å². The van der Waals surface area contributed by atoms with Crippen molar-refractivity contribution in [2.24, 2.45) is 4.99 Å². The van der Waals surface area contributed by atoms with Crippen LogP contribution in [0, 0.1) is 0 Å². The molecule has 140 valence electrons. The van der Waals surface area contributed by atoms with Gasteiger partial charge in [-0.2, -0.15) is 0 Å². The number of methoxy groups -OCH3 is 1. The summed E-state index contributed by atoms with van der Waals surface area (Å²) < 4.78 is 11.4. The van der Waals surface area contributed by atoms with Crippen molar-refractivity contribution in [2.75, 3.05) is 13.7 Å². The molecule has 0 saturated carbocycles. The monoisotopic (exact) mass is 386 g/mol. The Morgan fingerprint density at radius 1 is 1.30 bits per heavy atom. The summed E-state index contributed by atoms with van der Waals surface area (Å²) in [6.07, 6.45) is 1.13. The van der Waals surface area contributed by atoms with Gasteiger partial charge in [-0.3, -0.25) is 9.36 Å². The van der Waals surface area contributed by atoms with Crippen LogP contribution in [-0.2, 0) is 19.1 Å². The summed E-state index contributed by atoms with van der Waals surface area (Å²) in [5, 5.41) is 0. The predicted molar refractivity (Wildman–Crippen MR) is 99.8 cm³/mol. The molecule has 2 aromatic rings. The maximum Gasteiger partial charge on any atom is 0.338 e. The summed E-state index contributed by atoms with van der Waals surface area (Å²) >= 11 is 1.08. The van der Waals surface area contributed by atoms with Crippen molar-refractivity contribution in [1.29, 1.82) is 0 Å². The van der Waals surface area contributed by atoms with Gasteiger partial charge in [-0.05, 0) is 19.4 Å². The van der Waals surface area contributed by atoms with E-state index in [0.717, 1.165) is 23.0 Å². The number of hydrogen-bond acceptors (Lipinski definition) is 7. The van der Waals surface area contributed by atoms with Crippen molar-refractivity contribution in [3.8, 4) is 0 Å². The number of benzene rings is 1. The molecule has 1 aromatic carbocycles. The maximum absolute atomic E-state index is 13.0. The quantitative estimate of drug-likeness (QED) is 0.730. The minimum absolute atomic E-state index is 0.194. The van der Waals surface area contributed by atoms with E-state index in [1.54, 1.807) is 13.8 Å². The number of fused-ring (bicyclic) bond motifs is 1. The van der Waals surface area contributed by atoms with E-state index in [0.29, 0.717) is 16.1 Å². The molecule has 0 radical (unpaired) electrons. The van der Waals surface area contributed by atoms with Gasteiger partial charge in [0.05, 0.1) is 31.0 Å². The van der Waals surface area contributed by atoms with E-state index >= 15 is 0 Å². The zero-order valence-corrected chi connectivity index (χ0v) is 15.9. The Morgan fingerprint density at radius 3 is 2.63 bits per heavy atom. The topological polar surface area (TPSA) is 87.0 Å². The van der Waals surface area contributed by atoms with Gasteiger partial charge in [0.1, 0.15) is 4.53 Å². The van der Waals surface area contributed by atoms with Crippen molar-refractivity contribution in [1.82, 2.24) is 4.57 Å². The molecule has 0 fully saturated rings. The molecule has 1 aliphatic heterocycles. The Morgan fingerprint density at radius 2 is 2.00 bits per heavy atom. The largest absolute Gasteiger partial charge is 0.466 e. The Hall–Kier alpha value is -3.00. The second kappa shape index (κ2) is 7.71. The van der Waals surface area contributed by atoms with Gasteiger partial charge in [-0.25, -0.2) is 14.6 Å². The molecule has 1 aliphatic rings. The van der Waals surface area contributed by atoms with E-state index in [9.17, 15) is 14.4 Å². The van der Waals surface area contributed by atoms with Crippen LogP contribution in [0.15, 0.2) is 51.4 Å². The van der Waals surface area contributed by atoms with Crippen LogP contribution in [0.3, 0.4) is 0 Å². The zero-order valence-electron chi connectivity index (χ0n) is 15.1. The van der Waals surface area contributed by atoms with E-state index in [2.05, 4.69) is 9.73 Å². The molecule has 1 atom stereocenters. The summed E-state index contributed by atoms with van der Waals surface area (Å²) in [5.41, 5.74) is 1.13. The minimum atomic E-state index is -0.679. The summed E-state index contributed by atoms with van der Waals surface area (Å²) in [5.74, 6) is -1.15. The summed E-state index contributed by atoms with van der Waals surface area (Å²) in [6, 6.07) is 8.50. The third-order valence-corrected chi connectivity index (χ3v) is 5.07. The molecule has 8 heteroatoms. The number of allylic oxidation sites excluding steroid dienone is 1. The van der Waals surface area contributed by atoms with Crippen molar-refractivity contribution in [3.63, 3.8) is 0 Å². The van der Waals surface area contributed by atoms with Crippen LogP contribution in [0.1, 0.15) is 25.5 Å². The smallest absolute Gasteiger partial charge is 0.338 e. The van der Waals surface area contributed by atoms with Crippen LogP contribution in [0.25, 0.3) is 6.08 Å². The molecule has 0 aliphatic carbocycles. The van der Waals surface area contributed by atoms with Crippen LogP contribution in [-0.4, -0.2) is 30.2 Å². The molecule has 0 amide bonds. The molecule has 0 saturated heterocycles. The lowest BCUT2D eigenvalue weighted by molar-refractivity contribution is -0.139. The minimum Gasteiger partial charge on any atom is -0.466 e. The molecule has 27 heavy (non-hydrogen) atoms. The first-order valence-corrected chi connectivity index (χ1v) is 9.12. The van der Waals surface area contributed by atoms with Crippen LogP contribution < -0.4 is 14.9 Å². The van der Waals surface area contributed by atoms with Gasteiger partial charge < -0.3 is 9.47 Å². The second-order valence-electron chi connectivity index (χ2n) is 5.74. The summed E-state index contributed by atoms with van der Waals surface area (Å²) in [6.45, 7) is 3.64. The van der Waals surface area contributed by atoms with Crippen LogP contribution >= 0.6 is 11.3 Å². The highest BCUT2D eigenvalue weighted by atomic mass is 32.1. The molecule has 7 nitrogen and oxygen atoms in total. The fourth-order valence-electron chi connectivity index (χ4n) is 2.91. The summed E-state index contributed by atoms with van der Waals surface area (Å²) in [7, 11) is 1.24. The Balaban J connectivity index is 2.30. The Labute approximate surface area is 158 Å². The molecule has 1 aromatic heterocycles. The van der Waals surface area contributed by atoms with Gasteiger partial charge >= 0.3 is 11.9 Å². The first-order valence-electron chi connectivity index (χ1n) is 8.30. The molecule has 0 bridgehead atoms. The van der Waals surface area contributed by atoms with E-state index < -0.39 is 23.5 Å². The third-order valence-electron chi connectivity index (χ3n) is 4.08. The number of thiazole rings is 1. The fraction of sp³-hybridized carbons (Fsp3) is 0.263. The lowest BCUT2D eigenvalue weighted by Gasteiger charge is -2.24. The Bertz CT molecular complexity index is 1100. The van der Waals surface area contributed by atoms with Gasteiger partial charge in [-0.1, -0.05) is 41.7 Å². The average molecular weight is 386 g/mol. The van der Waals surface area contributed by atoms with E-state index in [4.69, 9.17) is 4.74 Å². The zero-order chi connectivity index (χ0) is 19.6. The SMILES string of the molecule is CCOC(=O)C1=C(C)N=c2s/c(=C\C(=O)OC)c(=O)n2C1c1ccccc1. The highest BCUT2D eigenvalue weighted by molar-refractivity contribution is 7.07. The first kappa shape index (κ1) is 18.8. The van der Waals surface area contributed by atoms with Gasteiger partial charge in [0.15, 0.2) is 4.80 Å². The molecule has 3 rings (SSSR count). The number of nitrogens with zero attached hydrogens (tertiary/aromatic N) is 2. The molecular weight excluding hydrogens is 368 g/mol. The van der Waals surface area contributed by atoms with Gasteiger partial charge in [0, 0.05) is 6.08 Å². The number of carbonyl (C=O) groups is 2. The summed E-state index contributed by atoms with van der Waals surface area (Å²) in [4.78, 5) is 42.0. The van der Waals surface area contributed by atoms with Gasteiger partial charge in [0.25, 0.3) is 5.56 Å². The van der Waals surface area contributed by atoms with Crippen LogP contribution in [0.2, 0.25) is 0 Å². The van der Waals surface area contributed by atoms with E-state index in [1.807, 2.05) is 30.3 Å². The number of aromatic nitrogens is 1. The van der Waals surface area contributed by atoms with Crippen LogP contribution in [0.5, 0.6) is 0 Å².